The molecule has 0 aliphatic carbocycles. The Kier molecular flexibility index (Phi) is 4.50. The summed E-state index contributed by atoms with van der Waals surface area (Å²) in [5.74, 6) is 1.04. The van der Waals surface area contributed by atoms with Gasteiger partial charge in [0.25, 0.3) is 5.91 Å². The van der Waals surface area contributed by atoms with E-state index >= 15 is 0 Å². The van der Waals surface area contributed by atoms with Crippen LogP contribution in [0.25, 0.3) is 11.4 Å². The van der Waals surface area contributed by atoms with Crippen molar-refractivity contribution in [3.05, 3.63) is 60.0 Å². The molecule has 2 heterocycles. The van der Waals surface area contributed by atoms with Crippen LogP contribution >= 0.6 is 0 Å². The van der Waals surface area contributed by atoms with Gasteiger partial charge in [-0.15, -0.1) is 0 Å². The first-order valence-corrected chi connectivity index (χ1v) is 8.74. The predicted molar refractivity (Wildman–Crippen MR) is 97.4 cm³/mol. The van der Waals surface area contributed by atoms with Crippen LogP contribution in [-0.4, -0.2) is 39.7 Å². The summed E-state index contributed by atoms with van der Waals surface area (Å²) in [6, 6.07) is 13.8. The Hall–Kier alpha value is -3.35. The van der Waals surface area contributed by atoms with Gasteiger partial charge in [-0.3, -0.25) is 4.79 Å². The molecule has 3 aromatic rings. The number of aromatic nitrogens is 2. The van der Waals surface area contributed by atoms with Crippen molar-refractivity contribution in [2.75, 3.05) is 13.7 Å². The van der Waals surface area contributed by atoms with Crippen molar-refractivity contribution in [1.29, 1.82) is 0 Å². The quantitative estimate of drug-likeness (QED) is 0.762. The van der Waals surface area contributed by atoms with E-state index < -0.39 is 0 Å². The summed E-state index contributed by atoms with van der Waals surface area (Å²) >= 11 is 0. The Bertz CT molecular complexity index is 955. The van der Waals surface area contributed by atoms with Crippen molar-refractivity contribution in [2.24, 2.45) is 0 Å². The molecule has 27 heavy (non-hydrogen) atoms. The van der Waals surface area contributed by atoms with Gasteiger partial charge < -0.3 is 19.3 Å². The smallest absolute Gasteiger partial charge is 0.258 e. The van der Waals surface area contributed by atoms with Crippen molar-refractivity contribution in [3.63, 3.8) is 0 Å². The number of phenolic OH excluding ortho intramolecular Hbond substituents is 1. The van der Waals surface area contributed by atoms with E-state index in [2.05, 4.69) is 10.1 Å². The number of carbonyl (C=O) groups is 1. The van der Waals surface area contributed by atoms with Gasteiger partial charge in [0.2, 0.25) is 11.7 Å². The number of phenols is 1. The molecule has 1 saturated heterocycles. The summed E-state index contributed by atoms with van der Waals surface area (Å²) in [7, 11) is 1.52. The van der Waals surface area contributed by atoms with Crippen LogP contribution in [-0.2, 0) is 0 Å². The Morgan fingerprint density at radius 1 is 1.26 bits per heavy atom. The van der Waals surface area contributed by atoms with E-state index in [1.54, 1.807) is 11.0 Å². The molecule has 1 aliphatic heterocycles. The molecule has 138 valence electrons. The first kappa shape index (κ1) is 17.1. The van der Waals surface area contributed by atoms with E-state index in [0.717, 1.165) is 18.4 Å². The summed E-state index contributed by atoms with van der Waals surface area (Å²) < 4.78 is 10.6. The molecule has 1 N–H and O–H groups in total. The molecule has 1 atom stereocenters. The maximum Gasteiger partial charge on any atom is 0.258 e. The minimum Gasteiger partial charge on any atom is -0.507 e. The third-order valence-electron chi connectivity index (χ3n) is 4.71. The molecular formula is C20H19N3O4. The lowest BCUT2D eigenvalue weighted by molar-refractivity contribution is 0.0706. The van der Waals surface area contributed by atoms with Gasteiger partial charge in [0, 0.05) is 12.1 Å². The van der Waals surface area contributed by atoms with E-state index in [4.69, 9.17) is 9.26 Å². The van der Waals surface area contributed by atoms with Crippen LogP contribution in [0.2, 0.25) is 0 Å². The molecule has 1 aliphatic rings. The summed E-state index contributed by atoms with van der Waals surface area (Å²) in [6.45, 7) is 0.559. The molecule has 1 aromatic heterocycles. The Balaban J connectivity index is 1.61. The first-order chi connectivity index (χ1) is 13.2. The SMILES string of the molecule is COc1ccc(O)c(C(=O)N2CCC[C@@H]2c2nc(-c3ccccc3)no2)c1. The molecule has 7 heteroatoms. The average Bonchev–Trinajstić information content (AvgIpc) is 3.38. The lowest BCUT2D eigenvalue weighted by atomic mass is 10.1. The van der Waals surface area contributed by atoms with Crippen molar-refractivity contribution >= 4 is 5.91 Å². The van der Waals surface area contributed by atoms with Crippen LogP contribution in [0.15, 0.2) is 53.1 Å². The number of likely N-dealkylation sites (tertiary alicyclic amines) is 1. The minimum atomic E-state index is -0.312. The maximum atomic E-state index is 13.0. The van der Waals surface area contributed by atoms with E-state index in [9.17, 15) is 9.90 Å². The normalized spacial score (nSPS) is 16.5. The monoisotopic (exact) mass is 365 g/mol. The molecule has 0 spiro atoms. The number of benzene rings is 2. The lowest BCUT2D eigenvalue weighted by Crippen LogP contribution is -2.30. The zero-order valence-corrected chi connectivity index (χ0v) is 14.8. The first-order valence-electron chi connectivity index (χ1n) is 8.74. The molecule has 0 radical (unpaired) electrons. The van der Waals surface area contributed by atoms with Crippen LogP contribution in [0.5, 0.6) is 11.5 Å². The summed E-state index contributed by atoms with van der Waals surface area (Å²) in [6.07, 6.45) is 1.55. The highest BCUT2D eigenvalue weighted by atomic mass is 16.5. The number of rotatable bonds is 4. The summed E-state index contributed by atoms with van der Waals surface area (Å²) in [5, 5.41) is 14.2. The highest BCUT2D eigenvalue weighted by Crippen LogP contribution is 2.35. The molecule has 1 fully saturated rings. The number of nitrogens with zero attached hydrogens (tertiary/aromatic N) is 3. The van der Waals surface area contributed by atoms with Crippen LogP contribution in [0.3, 0.4) is 0 Å². The Morgan fingerprint density at radius 3 is 2.85 bits per heavy atom. The van der Waals surface area contributed by atoms with Crippen LogP contribution in [0, 0.1) is 0 Å². The molecular weight excluding hydrogens is 346 g/mol. The summed E-state index contributed by atoms with van der Waals surface area (Å²) in [4.78, 5) is 19.2. The fraction of sp³-hybridized carbons (Fsp3) is 0.250. The molecule has 1 amide bonds. The van der Waals surface area contributed by atoms with Crippen LogP contribution in [0.1, 0.15) is 35.1 Å². The summed E-state index contributed by atoms with van der Waals surface area (Å²) in [5.41, 5.74) is 1.05. The zero-order chi connectivity index (χ0) is 18.8. The van der Waals surface area contributed by atoms with Crippen molar-refractivity contribution in [1.82, 2.24) is 15.0 Å². The third kappa shape index (κ3) is 3.23. The number of hydrogen-bond donors (Lipinski definition) is 1. The van der Waals surface area contributed by atoms with Gasteiger partial charge >= 0.3 is 0 Å². The largest absolute Gasteiger partial charge is 0.507 e. The second-order valence-corrected chi connectivity index (χ2v) is 6.36. The van der Waals surface area contributed by atoms with Gasteiger partial charge in [-0.2, -0.15) is 4.98 Å². The Labute approximate surface area is 156 Å². The van der Waals surface area contributed by atoms with Crippen molar-refractivity contribution in [2.45, 2.75) is 18.9 Å². The molecule has 0 bridgehead atoms. The van der Waals surface area contributed by atoms with Crippen LogP contribution in [0.4, 0.5) is 0 Å². The molecule has 0 unspecified atom stereocenters. The van der Waals surface area contributed by atoms with E-state index in [0.29, 0.717) is 24.0 Å². The fourth-order valence-electron chi connectivity index (χ4n) is 3.31. The Morgan fingerprint density at radius 2 is 2.07 bits per heavy atom. The third-order valence-corrected chi connectivity index (χ3v) is 4.71. The number of ether oxygens (including phenoxy) is 1. The fourth-order valence-corrected chi connectivity index (χ4v) is 3.31. The van der Waals surface area contributed by atoms with Gasteiger partial charge in [-0.25, -0.2) is 0 Å². The van der Waals surface area contributed by atoms with Crippen molar-refractivity contribution in [3.8, 4) is 22.9 Å². The predicted octanol–water partition coefficient (Wildman–Crippen LogP) is 3.43. The van der Waals surface area contributed by atoms with Gasteiger partial charge in [0.05, 0.1) is 12.7 Å². The van der Waals surface area contributed by atoms with Gasteiger partial charge in [0.15, 0.2) is 0 Å². The van der Waals surface area contributed by atoms with E-state index in [-0.39, 0.29) is 23.3 Å². The standard InChI is InChI=1S/C20H19N3O4/c1-26-14-9-10-17(24)15(12-14)20(25)23-11-5-8-16(23)19-21-18(22-27-19)13-6-3-2-4-7-13/h2-4,6-7,9-10,12,16,24H,5,8,11H2,1H3/t16-/m1/s1. The van der Waals surface area contributed by atoms with Gasteiger partial charge in [-0.05, 0) is 31.0 Å². The average molecular weight is 365 g/mol. The number of hydrogen-bond acceptors (Lipinski definition) is 6. The van der Waals surface area contributed by atoms with Crippen molar-refractivity contribution < 1.29 is 19.2 Å². The molecule has 4 rings (SSSR count). The van der Waals surface area contributed by atoms with Gasteiger partial charge in [0.1, 0.15) is 17.5 Å². The topological polar surface area (TPSA) is 88.7 Å². The highest BCUT2D eigenvalue weighted by Gasteiger charge is 2.35. The van der Waals surface area contributed by atoms with Gasteiger partial charge in [-0.1, -0.05) is 35.5 Å². The number of methoxy groups -OCH3 is 1. The lowest BCUT2D eigenvalue weighted by Gasteiger charge is -2.22. The van der Waals surface area contributed by atoms with E-state index in [1.807, 2.05) is 30.3 Å². The molecule has 0 saturated carbocycles. The number of aromatic hydroxyl groups is 1. The molecule has 7 nitrogen and oxygen atoms in total. The number of amides is 1. The second-order valence-electron chi connectivity index (χ2n) is 6.36. The number of carbonyl (C=O) groups excluding carboxylic acids is 1. The maximum absolute atomic E-state index is 13.0. The molecule has 2 aromatic carbocycles. The van der Waals surface area contributed by atoms with Crippen LogP contribution < -0.4 is 4.74 Å². The highest BCUT2D eigenvalue weighted by molar-refractivity contribution is 5.97. The van der Waals surface area contributed by atoms with E-state index in [1.165, 1.54) is 19.2 Å². The second kappa shape index (κ2) is 7.11. The zero-order valence-electron chi connectivity index (χ0n) is 14.8. The minimum absolute atomic E-state index is 0.0815.